The third kappa shape index (κ3) is 3.53. The molecule has 0 amide bonds. The molecule has 2 aromatic carbocycles. The van der Waals surface area contributed by atoms with Gasteiger partial charge in [-0.05, 0) is 29.8 Å². The van der Waals surface area contributed by atoms with Crippen molar-refractivity contribution in [2.45, 2.75) is 0 Å². The number of nitrogens with zero attached hydrogens (tertiary/aromatic N) is 2. The summed E-state index contributed by atoms with van der Waals surface area (Å²) in [6, 6.07) is 14.7. The second-order valence-electron chi connectivity index (χ2n) is 3.60. The first-order valence-electron chi connectivity index (χ1n) is 5.36. The summed E-state index contributed by atoms with van der Waals surface area (Å²) in [6.45, 7) is 0. The largest absolute Gasteiger partial charge is 0.507 e. The summed E-state index contributed by atoms with van der Waals surface area (Å²) in [7, 11) is 0. The molecule has 0 aromatic heterocycles. The Hall–Kier alpha value is -1.94. The summed E-state index contributed by atoms with van der Waals surface area (Å²) in [5, 5.41) is 17.3. The predicted molar refractivity (Wildman–Crippen MR) is 77.4 cm³/mol. The summed E-state index contributed by atoms with van der Waals surface area (Å²) >= 11 is 3.36. The van der Waals surface area contributed by atoms with E-state index >= 15 is 0 Å². The Balaban J connectivity index is 2.03. The fourth-order valence-electron chi connectivity index (χ4n) is 1.34. The number of aromatic hydroxyl groups is 1. The van der Waals surface area contributed by atoms with Crippen LogP contribution < -0.4 is 0 Å². The molecule has 0 aliphatic heterocycles. The van der Waals surface area contributed by atoms with E-state index in [0.717, 1.165) is 10.0 Å². The first-order chi connectivity index (χ1) is 8.75. The minimum Gasteiger partial charge on any atom is -0.507 e. The molecule has 2 rings (SSSR count). The monoisotopic (exact) mass is 302 g/mol. The van der Waals surface area contributed by atoms with Gasteiger partial charge in [0.1, 0.15) is 5.75 Å². The van der Waals surface area contributed by atoms with Crippen molar-refractivity contribution < 1.29 is 5.11 Å². The Bertz CT molecular complexity index is 577. The topological polar surface area (TPSA) is 45.0 Å². The van der Waals surface area contributed by atoms with Crippen molar-refractivity contribution >= 4 is 28.4 Å². The highest BCUT2D eigenvalue weighted by Crippen LogP contribution is 2.12. The van der Waals surface area contributed by atoms with Crippen LogP contribution in [0.5, 0.6) is 5.75 Å². The van der Waals surface area contributed by atoms with Crippen LogP contribution in [0.3, 0.4) is 0 Å². The number of rotatable bonds is 3. The van der Waals surface area contributed by atoms with E-state index < -0.39 is 0 Å². The molecule has 0 fully saturated rings. The molecule has 0 radical (unpaired) electrons. The van der Waals surface area contributed by atoms with Gasteiger partial charge in [-0.2, -0.15) is 10.2 Å². The van der Waals surface area contributed by atoms with Gasteiger partial charge < -0.3 is 5.11 Å². The predicted octanol–water partition coefficient (Wildman–Crippen LogP) is 3.61. The average molecular weight is 303 g/mol. The Morgan fingerprint density at radius 1 is 0.889 bits per heavy atom. The zero-order valence-corrected chi connectivity index (χ0v) is 11.1. The molecule has 0 aliphatic carbocycles. The van der Waals surface area contributed by atoms with E-state index in [-0.39, 0.29) is 5.75 Å². The number of phenols is 1. The number of para-hydroxylation sites is 1. The molecule has 3 nitrogen and oxygen atoms in total. The van der Waals surface area contributed by atoms with Gasteiger partial charge in [0.15, 0.2) is 0 Å². The molecule has 0 bridgehead atoms. The molecule has 0 atom stereocenters. The van der Waals surface area contributed by atoms with Gasteiger partial charge in [-0.1, -0.05) is 40.2 Å². The minimum atomic E-state index is 0.195. The second-order valence-corrected chi connectivity index (χ2v) is 4.52. The normalized spacial score (nSPS) is 11.4. The molecule has 1 N–H and O–H groups in total. The van der Waals surface area contributed by atoms with Gasteiger partial charge in [0.25, 0.3) is 0 Å². The molecule has 0 aliphatic rings. The Morgan fingerprint density at radius 3 is 2.28 bits per heavy atom. The van der Waals surface area contributed by atoms with Gasteiger partial charge in [-0.15, -0.1) is 0 Å². The van der Waals surface area contributed by atoms with Crippen molar-refractivity contribution in [2.24, 2.45) is 10.2 Å². The van der Waals surface area contributed by atoms with Crippen LogP contribution in [0, 0.1) is 0 Å². The number of hydrogen-bond donors (Lipinski definition) is 1. The first kappa shape index (κ1) is 12.5. The van der Waals surface area contributed by atoms with Crippen LogP contribution in [0.1, 0.15) is 11.1 Å². The van der Waals surface area contributed by atoms with E-state index in [2.05, 4.69) is 26.1 Å². The lowest BCUT2D eigenvalue weighted by molar-refractivity contribution is 0.474. The maximum Gasteiger partial charge on any atom is 0.124 e. The molecule has 0 unspecified atom stereocenters. The number of benzene rings is 2. The SMILES string of the molecule is Oc1ccccc1/C=N/N=Cc1ccc(Br)cc1. The third-order valence-electron chi connectivity index (χ3n) is 2.28. The van der Waals surface area contributed by atoms with Crippen LogP contribution >= 0.6 is 15.9 Å². The smallest absolute Gasteiger partial charge is 0.124 e. The maximum absolute atomic E-state index is 9.51. The number of halogens is 1. The Kier molecular flexibility index (Phi) is 4.25. The average Bonchev–Trinajstić information content (AvgIpc) is 2.39. The lowest BCUT2D eigenvalue weighted by atomic mass is 10.2. The summed E-state index contributed by atoms with van der Waals surface area (Å²) in [5.74, 6) is 0.195. The maximum atomic E-state index is 9.51. The van der Waals surface area contributed by atoms with Gasteiger partial charge >= 0.3 is 0 Å². The molecular formula is C14H11BrN2O. The van der Waals surface area contributed by atoms with Gasteiger partial charge in [-0.3, -0.25) is 0 Å². The highest BCUT2D eigenvalue weighted by atomic mass is 79.9. The van der Waals surface area contributed by atoms with E-state index in [0.29, 0.717) is 5.56 Å². The molecule has 90 valence electrons. The van der Waals surface area contributed by atoms with Gasteiger partial charge in [0.2, 0.25) is 0 Å². The van der Waals surface area contributed by atoms with Crippen LogP contribution in [-0.2, 0) is 0 Å². The summed E-state index contributed by atoms with van der Waals surface area (Å²) in [5.41, 5.74) is 1.61. The second kappa shape index (κ2) is 6.12. The molecule has 2 aromatic rings. The highest BCUT2D eigenvalue weighted by molar-refractivity contribution is 9.10. The van der Waals surface area contributed by atoms with Crippen LogP contribution in [0.15, 0.2) is 63.2 Å². The minimum absolute atomic E-state index is 0.195. The van der Waals surface area contributed by atoms with E-state index in [9.17, 15) is 5.11 Å². The zero-order chi connectivity index (χ0) is 12.8. The Morgan fingerprint density at radius 2 is 1.56 bits per heavy atom. The van der Waals surface area contributed by atoms with Crippen molar-refractivity contribution in [3.8, 4) is 5.75 Å². The Labute approximate surface area is 114 Å². The third-order valence-corrected chi connectivity index (χ3v) is 2.81. The van der Waals surface area contributed by atoms with Crippen molar-refractivity contribution in [3.05, 3.63) is 64.1 Å². The molecule has 0 heterocycles. The number of hydrogen-bond acceptors (Lipinski definition) is 3. The lowest BCUT2D eigenvalue weighted by Crippen LogP contribution is -1.81. The standard InChI is InChI=1S/C14H11BrN2O/c15-13-7-5-11(6-8-13)9-16-17-10-12-3-1-2-4-14(12)18/h1-10,18H/b16-9?,17-10+. The van der Waals surface area contributed by atoms with E-state index in [1.165, 1.54) is 6.21 Å². The van der Waals surface area contributed by atoms with Gasteiger partial charge in [-0.25, -0.2) is 0 Å². The molecular weight excluding hydrogens is 292 g/mol. The molecule has 18 heavy (non-hydrogen) atoms. The van der Waals surface area contributed by atoms with E-state index in [4.69, 9.17) is 0 Å². The molecule has 0 saturated heterocycles. The van der Waals surface area contributed by atoms with E-state index in [1.807, 2.05) is 30.3 Å². The number of phenolic OH excluding ortho intramolecular Hbond substituents is 1. The van der Waals surface area contributed by atoms with Crippen molar-refractivity contribution in [1.82, 2.24) is 0 Å². The molecule has 0 spiro atoms. The fraction of sp³-hybridized carbons (Fsp3) is 0. The highest BCUT2D eigenvalue weighted by Gasteiger charge is 1.93. The molecule has 4 heteroatoms. The quantitative estimate of drug-likeness (QED) is 0.683. The molecule has 0 saturated carbocycles. The van der Waals surface area contributed by atoms with E-state index in [1.54, 1.807) is 24.4 Å². The lowest BCUT2D eigenvalue weighted by Gasteiger charge is -1.94. The van der Waals surface area contributed by atoms with Crippen molar-refractivity contribution in [3.63, 3.8) is 0 Å². The summed E-state index contributed by atoms with van der Waals surface area (Å²) in [6.07, 6.45) is 3.17. The van der Waals surface area contributed by atoms with Crippen molar-refractivity contribution in [2.75, 3.05) is 0 Å². The summed E-state index contributed by atoms with van der Waals surface area (Å²) < 4.78 is 1.03. The van der Waals surface area contributed by atoms with Gasteiger partial charge in [0, 0.05) is 10.0 Å². The van der Waals surface area contributed by atoms with Gasteiger partial charge in [0.05, 0.1) is 12.4 Å². The van der Waals surface area contributed by atoms with Crippen LogP contribution in [0.4, 0.5) is 0 Å². The first-order valence-corrected chi connectivity index (χ1v) is 6.15. The fourth-order valence-corrected chi connectivity index (χ4v) is 1.61. The van der Waals surface area contributed by atoms with Crippen LogP contribution in [0.25, 0.3) is 0 Å². The zero-order valence-electron chi connectivity index (χ0n) is 9.49. The van der Waals surface area contributed by atoms with Crippen LogP contribution in [-0.4, -0.2) is 17.5 Å². The van der Waals surface area contributed by atoms with Crippen molar-refractivity contribution in [1.29, 1.82) is 0 Å². The summed E-state index contributed by atoms with van der Waals surface area (Å²) in [4.78, 5) is 0. The van der Waals surface area contributed by atoms with Crippen LogP contribution in [0.2, 0.25) is 0 Å².